The van der Waals surface area contributed by atoms with Crippen molar-refractivity contribution in [2.75, 3.05) is 31.2 Å². The molecule has 3 heterocycles. The Labute approximate surface area is 145 Å². The van der Waals surface area contributed by atoms with Crippen molar-refractivity contribution in [3.63, 3.8) is 0 Å². The normalized spacial score (nSPS) is 15.6. The first kappa shape index (κ1) is 17.3. The molecule has 0 bridgehead atoms. The molecule has 1 aliphatic heterocycles. The highest BCUT2D eigenvalue weighted by Gasteiger charge is 2.18. The van der Waals surface area contributed by atoms with Gasteiger partial charge in [-0.05, 0) is 24.6 Å². The zero-order valence-corrected chi connectivity index (χ0v) is 15.1. The number of nitrogens with zero attached hydrogens (tertiary/aromatic N) is 3. The number of nitrogens with one attached hydrogen (secondary N) is 1. The SMILES string of the molecule is CCc1ccc(S(=O)(=O)NCc2nccc(N3CCOCC3)n2)s1. The van der Waals surface area contributed by atoms with Gasteiger partial charge in [-0.2, -0.15) is 0 Å². The third-order valence-electron chi connectivity index (χ3n) is 3.70. The van der Waals surface area contributed by atoms with Crippen molar-refractivity contribution in [3.05, 3.63) is 35.1 Å². The molecule has 1 N–H and O–H groups in total. The van der Waals surface area contributed by atoms with Crippen molar-refractivity contribution in [2.45, 2.75) is 24.1 Å². The Balaban J connectivity index is 1.67. The van der Waals surface area contributed by atoms with Gasteiger partial charge < -0.3 is 9.64 Å². The highest BCUT2D eigenvalue weighted by molar-refractivity contribution is 7.91. The lowest BCUT2D eigenvalue weighted by Crippen LogP contribution is -2.37. The van der Waals surface area contributed by atoms with Crippen LogP contribution in [0.2, 0.25) is 0 Å². The molecule has 130 valence electrons. The summed E-state index contributed by atoms with van der Waals surface area (Å²) in [6, 6.07) is 5.31. The largest absolute Gasteiger partial charge is 0.378 e. The number of anilines is 1. The molecule has 9 heteroatoms. The van der Waals surface area contributed by atoms with Crippen molar-refractivity contribution in [1.82, 2.24) is 14.7 Å². The molecular weight excluding hydrogens is 348 g/mol. The molecule has 2 aromatic heterocycles. The number of aromatic nitrogens is 2. The minimum Gasteiger partial charge on any atom is -0.378 e. The predicted octanol–water partition coefficient (Wildman–Crippen LogP) is 1.42. The topological polar surface area (TPSA) is 84.4 Å². The van der Waals surface area contributed by atoms with Crippen molar-refractivity contribution in [2.24, 2.45) is 0 Å². The van der Waals surface area contributed by atoms with Crippen LogP contribution in [0.4, 0.5) is 5.82 Å². The molecule has 2 aromatic rings. The van der Waals surface area contributed by atoms with Crippen LogP contribution in [0.3, 0.4) is 0 Å². The van der Waals surface area contributed by atoms with Crippen LogP contribution < -0.4 is 9.62 Å². The maximum Gasteiger partial charge on any atom is 0.250 e. The van der Waals surface area contributed by atoms with Crippen LogP contribution in [0.25, 0.3) is 0 Å². The number of ether oxygens (including phenoxy) is 1. The lowest BCUT2D eigenvalue weighted by molar-refractivity contribution is 0.122. The number of thiophene rings is 1. The molecule has 0 radical (unpaired) electrons. The van der Waals surface area contributed by atoms with Crippen LogP contribution in [0.1, 0.15) is 17.6 Å². The number of hydrogen-bond donors (Lipinski definition) is 1. The number of hydrogen-bond acceptors (Lipinski definition) is 7. The van der Waals surface area contributed by atoms with Crippen LogP contribution in [-0.2, 0) is 27.7 Å². The second-order valence-electron chi connectivity index (χ2n) is 5.33. The lowest BCUT2D eigenvalue weighted by Gasteiger charge is -2.27. The highest BCUT2D eigenvalue weighted by atomic mass is 32.2. The zero-order valence-electron chi connectivity index (χ0n) is 13.4. The van der Waals surface area contributed by atoms with E-state index in [0.717, 1.165) is 30.2 Å². The van der Waals surface area contributed by atoms with Gasteiger partial charge >= 0.3 is 0 Å². The Hall–Kier alpha value is -1.55. The first-order valence-electron chi connectivity index (χ1n) is 7.81. The van der Waals surface area contributed by atoms with E-state index in [1.165, 1.54) is 11.3 Å². The van der Waals surface area contributed by atoms with Gasteiger partial charge in [0.05, 0.1) is 19.8 Å². The molecular formula is C15H20N4O3S2. The van der Waals surface area contributed by atoms with Gasteiger partial charge in [-0.3, -0.25) is 0 Å². The van der Waals surface area contributed by atoms with Gasteiger partial charge in [0, 0.05) is 24.2 Å². The van der Waals surface area contributed by atoms with Gasteiger partial charge in [0.25, 0.3) is 0 Å². The molecule has 7 nitrogen and oxygen atoms in total. The second-order valence-corrected chi connectivity index (χ2v) is 8.49. The van der Waals surface area contributed by atoms with Gasteiger partial charge in [0.15, 0.2) is 0 Å². The lowest BCUT2D eigenvalue weighted by atomic mass is 10.4. The molecule has 1 fully saturated rings. The number of morpholine rings is 1. The van der Waals surface area contributed by atoms with E-state index in [4.69, 9.17) is 4.74 Å². The molecule has 1 saturated heterocycles. The van der Waals surface area contributed by atoms with Crippen molar-refractivity contribution in [1.29, 1.82) is 0 Å². The maximum atomic E-state index is 12.3. The monoisotopic (exact) mass is 368 g/mol. The van der Waals surface area contributed by atoms with Crippen LogP contribution in [-0.4, -0.2) is 44.7 Å². The van der Waals surface area contributed by atoms with Crippen molar-refractivity contribution in [3.8, 4) is 0 Å². The molecule has 0 spiro atoms. The summed E-state index contributed by atoms with van der Waals surface area (Å²) >= 11 is 1.29. The Kier molecular flexibility index (Phi) is 5.44. The van der Waals surface area contributed by atoms with Crippen LogP contribution in [0.15, 0.2) is 28.6 Å². The summed E-state index contributed by atoms with van der Waals surface area (Å²) in [5, 5.41) is 0. The highest BCUT2D eigenvalue weighted by Crippen LogP contribution is 2.22. The minimum absolute atomic E-state index is 0.0693. The van der Waals surface area contributed by atoms with Gasteiger partial charge in [-0.15, -0.1) is 11.3 Å². The summed E-state index contributed by atoms with van der Waals surface area (Å²) in [5.74, 6) is 1.25. The van der Waals surface area contributed by atoms with Gasteiger partial charge in [0.1, 0.15) is 15.9 Å². The molecule has 0 aromatic carbocycles. The van der Waals surface area contributed by atoms with E-state index in [1.807, 2.05) is 19.1 Å². The average Bonchev–Trinajstić information content (AvgIpc) is 3.11. The fourth-order valence-corrected chi connectivity index (χ4v) is 4.69. The average molecular weight is 368 g/mol. The number of sulfonamides is 1. The van der Waals surface area contributed by atoms with Gasteiger partial charge in [-0.1, -0.05) is 6.92 Å². The molecule has 1 aliphatic rings. The second kappa shape index (κ2) is 7.56. The third kappa shape index (κ3) is 4.10. The Morgan fingerprint density at radius 2 is 2.08 bits per heavy atom. The van der Waals surface area contributed by atoms with Crippen LogP contribution >= 0.6 is 11.3 Å². The van der Waals surface area contributed by atoms with E-state index in [-0.39, 0.29) is 6.54 Å². The van der Waals surface area contributed by atoms with Crippen LogP contribution in [0, 0.1) is 0 Å². The summed E-state index contributed by atoms with van der Waals surface area (Å²) in [7, 11) is -3.53. The smallest absolute Gasteiger partial charge is 0.250 e. The molecule has 24 heavy (non-hydrogen) atoms. The fourth-order valence-electron chi connectivity index (χ4n) is 2.37. The van der Waals surface area contributed by atoms with Gasteiger partial charge in [-0.25, -0.2) is 23.1 Å². The first-order valence-corrected chi connectivity index (χ1v) is 10.1. The van der Waals surface area contributed by atoms with Crippen LogP contribution in [0.5, 0.6) is 0 Å². The molecule has 0 aliphatic carbocycles. The molecule has 0 atom stereocenters. The number of aryl methyl sites for hydroxylation is 1. The van der Waals surface area contributed by atoms with Crippen molar-refractivity contribution >= 4 is 27.2 Å². The molecule has 3 rings (SSSR count). The van der Waals surface area contributed by atoms with E-state index in [1.54, 1.807) is 12.3 Å². The first-order chi connectivity index (χ1) is 11.6. The standard InChI is InChI=1S/C15H20N4O3S2/c1-2-12-3-4-15(23-12)24(20,21)17-11-13-16-6-5-14(18-13)19-7-9-22-10-8-19/h3-6,17H,2,7-11H2,1H3. The Bertz CT molecular complexity index is 786. The summed E-state index contributed by atoms with van der Waals surface area (Å²) < 4.78 is 32.9. The predicted molar refractivity (Wildman–Crippen MR) is 92.8 cm³/mol. The summed E-state index contributed by atoms with van der Waals surface area (Å²) in [4.78, 5) is 11.8. The summed E-state index contributed by atoms with van der Waals surface area (Å²) in [6.45, 7) is 4.96. The molecule has 0 amide bonds. The third-order valence-corrected chi connectivity index (χ3v) is 6.82. The summed E-state index contributed by atoms with van der Waals surface area (Å²) in [6.07, 6.45) is 2.48. The molecule has 0 saturated carbocycles. The fraction of sp³-hybridized carbons (Fsp3) is 0.467. The number of rotatable bonds is 6. The quantitative estimate of drug-likeness (QED) is 0.830. The molecule has 0 unspecified atom stereocenters. The van der Waals surface area contributed by atoms with E-state index in [0.29, 0.717) is 23.2 Å². The maximum absolute atomic E-state index is 12.3. The zero-order chi connectivity index (χ0) is 17.0. The van der Waals surface area contributed by atoms with Crippen molar-refractivity contribution < 1.29 is 13.2 Å². The van der Waals surface area contributed by atoms with E-state index in [9.17, 15) is 8.42 Å². The Morgan fingerprint density at radius 1 is 1.29 bits per heavy atom. The Morgan fingerprint density at radius 3 is 2.79 bits per heavy atom. The summed E-state index contributed by atoms with van der Waals surface area (Å²) in [5.41, 5.74) is 0. The van der Waals surface area contributed by atoms with E-state index < -0.39 is 10.0 Å². The minimum atomic E-state index is -3.53. The van der Waals surface area contributed by atoms with E-state index in [2.05, 4.69) is 19.6 Å². The van der Waals surface area contributed by atoms with Gasteiger partial charge in [0.2, 0.25) is 10.0 Å². The van der Waals surface area contributed by atoms with E-state index >= 15 is 0 Å².